The second-order valence-corrected chi connectivity index (χ2v) is 24.2. The summed E-state index contributed by atoms with van der Waals surface area (Å²) >= 11 is -1.43. The average molecular weight is 850 g/mol. The third-order valence-corrected chi connectivity index (χ3v) is 18.4. The van der Waals surface area contributed by atoms with Crippen molar-refractivity contribution in [3.05, 3.63) is 174 Å². The molecule has 0 fully saturated rings. The molecule has 0 bridgehead atoms. The molecule has 5 aromatic carbocycles. The molecule has 10 heteroatoms. The van der Waals surface area contributed by atoms with Crippen LogP contribution in [0.4, 0.5) is 4.39 Å². The van der Waals surface area contributed by atoms with Crippen molar-refractivity contribution in [3.8, 4) is 22.6 Å². The number of amides is 1. The van der Waals surface area contributed by atoms with Crippen LogP contribution >= 0.6 is 0 Å². The molecule has 7 aromatic rings. The zero-order valence-electron chi connectivity index (χ0n) is 35.6. The number of aromatic nitrogens is 1. The summed E-state index contributed by atoms with van der Waals surface area (Å²) in [5.74, 6) is -0.108. The first-order chi connectivity index (χ1) is 29.2. The number of carbonyl (C=O) groups excluding carboxylic acids is 1. The smallest absolute Gasteiger partial charge is 0.270 e. The Morgan fingerprint density at radius 1 is 0.836 bits per heavy atom. The second kappa shape index (κ2) is 17.2. The molecule has 3 heterocycles. The van der Waals surface area contributed by atoms with Crippen molar-refractivity contribution in [1.82, 2.24) is 14.6 Å². The first-order valence-corrected chi connectivity index (χ1v) is 23.8. The van der Waals surface area contributed by atoms with Gasteiger partial charge in [-0.2, -0.15) is 0 Å². The van der Waals surface area contributed by atoms with E-state index in [0.29, 0.717) is 36.6 Å². The number of halogens is 1. The van der Waals surface area contributed by atoms with Crippen molar-refractivity contribution in [2.24, 2.45) is 0 Å². The summed E-state index contributed by atoms with van der Waals surface area (Å²) in [5, 5.41) is 6.04. The SMILES string of the molecule is CC(C)(C)[S+]([O-])N1Cc2cc(C(=O)NCc3ccccc3F)nc(-c3cccc(-c4cc5ccccc5o4)c3)c2[C@H]1CCO[Si](c1ccccc1)(c1ccccc1)C(C)(C)C. The van der Waals surface area contributed by atoms with Crippen LogP contribution < -0.4 is 15.7 Å². The van der Waals surface area contributed by atoms with Crippen LogP contribution in [0.5, 0.6) is 0 Å². The van der Waals surface area contributed by atoms with E-state index in [1.165, 1.54) is 16.4 Å². The molecule has 1 N–H and O–H groups in total. The molecule has 0 radical (unpaired) electrons. The van der Waals surface area contributed by atoms with Crippen LogP contribution in [0.15, 0.2) is 150 Å². The average Bonchev–Trinajstić information content (AvgIpc) is 3.86. The van der Waals surface area contributed by atoms with Crippen molar-refractivity contribution in [2.75, 3.05) is 6.61 Å². The van der Waals surface area contributed by atoms with E-state index in [9.17, 15) is 13.7 Å². The minimum Gasteiger partial charge on any atom is -0.597 e. The summed E-state index contributed by atoms with van der Waals surface area (Å²) in [6.45, 7) is 13.5. The van der Waals surface area contributed by atoms with E-state index in [1.54, 1.807) is 18.2 Å². The Balaban J connectivity index is 1.23. The molecule has 0 spiro atoms. The van der Waals surface area contributed by atoms with Crippen LogP contribution in [0.2, 0.25) is 5.04 Å². The van der Waals surface area contributed by atoms with Crippen LogP contribution in [0.1, 0.15) is 81.2 Å². The Kier molecular flexibility index (Phi) is 11.9. The molecule has 0 aliphatic carbocycles. The third kappa shape index (κ3) is 8.48. The fourth-order valence-corrected chi connectivity index (χ4v) is 14.6. The van der Waals surface area contributed by atoms with Crippen LogP contribution in [0.25, 0.3) is 33.6 Å². The van der Waals surface area contributed by atoms with Gasteiger partial charge in [0.15, 0.2) is 0 Å². The number of nitrogens with zero attached hydrogens (tertiary/aromatic N) is 2. The lowest BCUT2D eigenvalue weighted by Crippen LogP contribution is -2.66. The molecule has 2 atom stereocenters. The number of nitrogens with one attached hydrogen (secondary N) is 1. The Hall–Kier alpha value is -5.36. The number of rotatable bonds is 12. The van der Waals surface area contributed by atoms with Gasteiger partial charge in [0.05, 0.1) is 18.3 Å². The van der Waals surface area contributed by atoms with Gasteiger partial charge in [0.25, 0.3) is 14.2 Å². The molecule has 312 valence electrons. The molecule has 1 aliphatic rings. The van der Waals surface area contributed by atoms with E-state index in [2.05, 4.69) is 78.9 Å². The van der Waals surface area contributed by atoms with Gasteiger partial charge >= 0.3 is 0 Å². The van der Waals surface area contributed by atoms with Crippen LogP contribution in [0.3, 0.4) is 0 Å². The van der Waals surface area contributed by atoms with Gasteiger partial charge < -0.3 is 18.7 Å². The van der Waals surface area contributed by atoms with Crippen LogP contribution in [0, 0.1) is 5.82 Å². The highest BCUT2D eigenvalue weighted by molar-refractivity contribution is 7.90. The lowest BCUT2D eigenvalue weighted by molar-refractivity contribution is 0.0945. The fourth-order valence-electron chi connectivity index (χ4n) is 8.62. The topological polar surface area (TPSA) is 90.7 Å². The number of furan rings is 1. The number of benzene rings is 5. The zero-order valence-corrected chi connectivity index (χ0v) is 37.4. The van der Waals surface area contributed by atoms with Gasteiger partial charge in [-0.25, -0.2) is 9.37 Å². The Morgan fingerprint density at radius 2 is 1.48 bits per heavy atom. The van der Waals surface area contributed by atoms with Gasteiger partial charge in [-0.1, -0.05) is 136 Å². The van der Waals surface area contributed by atoms with E-state index >= 15 is 0 Å². The quantitative estimate of drug-likeness (QED) is 0.0973. The molecule has 8 rings (SSSR count). The second-order valence-electron chi connectivity index (χ2n) is 17.7. The van der Waals surface area contributed by atoms with Gasteiger partial charge in [0, 0.05) is 52.2 Å². The van der Waals surface area contributed by atoms with E-state index < -0.39 is 36.2 Å². The Bertz CT molecular complexity index is 2590. The minimum absolute atomic E-state index is 0.00349. The summed E-state index contributed by atoms with van der Waals surface area (Å²) in [5.41, 5.74) is 5.41. The van der Waals surface area contributed by atoms with Crippen LogP contribution in [-0.2, 0) is 28.9 Å². The van der Waals surface area contributed by atoms with Crippen LogP contribution in [-0.4, -0.2) is 39.4 Å². The normalized spacial score (nSPS) is 15.2. The summed E-state index contributed by atoms with van der Waals surface area (Å²) in [6.07, 6.45) is 0.524. The molecule has 1 unspecified atom stereocenters. The monoisotopic (exact) mass is 849 g/mol. The maximum atomic E-state index is 14.6. The molecule has 7 nitrogen and oxygen atoms in total. The third-order valence-electron chi connectivity index (χ3n) is 11.5. The van der Waals surface area contributed by atoms with E-state index in [1.807, 2.05) is 93.6 Å². The van der Waals surface area contributed by atoms with Crippen molar-refractivity contribution >= 4 is 46.9 Å². The lowest BCUT2D eigenvalue weighted by atomic mass is 9.95. The lowest BCUT2D eigenvalue weighted by Gasteiger charge is -2.43. The van der Waals surface area contributed by atoms with Gasteiger partial charge in [-0.05, 0) is 78.5 Å². The van der Waals surface area contributed by atoms with Crippen molar-refractivity contribution < 1.29 is 22.6 Å². The summed E-state index contributed by atoms with van der Waals surface area (Å²) in [7, 11) is -2.90. The largest absolute Gasteiger partial charge is 0.597 e. The first-order valence-electron chi connectivity index (χ1n) is 20.8. The molecule has 0 saturated heterocycles. The minimum atomic E-state index is -2.90. The standard InChI is InChI=1S/C51H52FN3O4SSi/c1-50(2,3)60(57)55-34-39-31-43(49(56)53-33-38-19-13-15-26-42(38)52)54-48(37-21-17-20-35(30-37)46-32-36-18-14-16-27-45(36)59-46)47(39)44(55)28-29-58-61(51(4,5)6,40-22-9-7-10-23-40)41-24-11-8-12-25-41/h7-27,30-32,44H,28-29,33-34H2,1-6H3,(H,53,56)/t44-,60?/m1/s1. The Morgan fingerprint density at radius 3 is 2.13 bits per heavy atom. The number of carbonyl (C=O) groups is 1. The van der Waals surface area contributed by atoms with E-state index in [4.69, 9.17) is 13.8 Å². The number of hydrogen-bond donors (Lipinski definition) is 1. The highest BCUT2D eigenvalue weighted by Gasteiger charge is 2.51. The molecule has 1 aliphatic heterocycles. The fraction of sp³-hybridized carbons (Fsp3) is 0.255. The molecule has 0 saturated carbocycles. The van der Waals surface area contributed by atoms with E-state index in [-0.39, 0.29) is 23.3 Å². The molecular formula is C51H52FN3O4SSi. The van der Waals surface area contributed by atoms with E-state index in [0.717, 1.165) is 33.2 Å². The Labute approximate surface area is 362 Å². The molecule has 61 heavy (non-hydrogen) atoms. The maximum absolute atomic E-state index is 14.6. The maximum Gasteiger partial charge on any atom is 0.270 e. The molecule has 2 aromatic heterocycles. The van der Waals surface area contributed by atoms with Crippen molar-refractivity contribution in [2.45, 2.75) is 76.9 Å². The number of hydrogen-bond acceptors (Lipinski definition) is 6. The van der Waals surface area contributed by atoms with Crippen molar-refractivity contribution in [1.29, 1.82) is 0 Å². The first kappa shape index (κ1) is 42.3. The summed E-state index contributed by atoms with van der Waals surface area (Å²) < 4.78 is 44.5. The zero-order chi connectivity index (χ0) is 42.9. The summed E-state index contributed by atoms with van der Waals surface area (Å²) in [6, 6.07) is 46.9. The van der Waals surface area contributed by atoms with Gasteiger partial charge in [0.1, 0.15) is 27.6 Å². The predicted octanol–water partition coefficient (Wildman–Crippen LogP) is 10.5. The number of fused-ring (bicyclic) bond motifs is 2. The van der Waals surface area contributed by atoms with Gasteiger partial charge in [-0.3, -0.25) is 4.79 Å². The van der Waals surface area contributed by atoms with Gasteiger partial charge in [0.2, 0.25) is 0 Å². The highest BCUT2D eigenvalue weighted by Crippen LogP contribution is 2.46. The highest BCUT2D eigenvalue weighted by atomic mass is 32.2. The predicted molar refractivity (Wildman–Crippen MR) is 247 cm³/mol. The summed E-state index contributed by atoms with van der Waals surface area (Å²) in [4.78, 5) is 19.1. The molecular weight excluding hydrogens is 798 g/mol. The van der Waals surface area contributed by atoms with Crippen molar-refractivity contribution in [3.63, 3.8) is 0 Å². The van der Waals surface area contributed by atoms with Gasteiger partial charge in [-0.15, -0.1) is 4.31 Å². The number of pyridine rings is 1. The molecule has 1 amide bonds. The number of para-hydroxylation sites is 1.